The van der Waals surface area contributed by atoms with Gasteiger partial charge in [-0.15, -0.1) is 12.4 Å². The molecule has 0 aliphatic carbocycles. The number of esters is 1. The molecule has 1 rings (SSSR count). The van der Waals surface area contributed by atoms with E-state index in [4.69, 9.17) is 27.8 Å². The molecule has 96 valence electrons. The highest BCUT2D eigenvalue weighted by Gasteiger charge is 2.15. The largest absolute Gasteiger partial charge is 0.466 e. The lowest BCUT2D eigenvalue weighted by Gasteiger charge is -2.13. The van der Waals surface area contributed by atoms with E-state index in [9.17, 15) is 4.79 Å². The van der Waals surface area contributed by atoms with Crippen molar-refractivity contribution in [2.75, 3.05) is 12.3 Å². The van der Waals surface area contributed by atoms with Crippen LogP contribution in [0.4, 0.5) is 5.69 Å². The zero-order valence-corrected chi connectivity index (χ0v) is 11.1. The summed E-state index contributed by atoms with van der Waals surface area (Å²) in [4.78, 5) is 11.2. The highest BCUT2D eigenvalue weighted by Crippen LogP contribution is 2.24. The predicted octanol–water partition coefficient (Wildman–Crippen LogP) is 2.30. The second kappa shape index (κ2) is 7.37. The van der Waals surface area contributed by atoms with Crippen LogP contribution in [-0.4, -0.2) is 12.6 Å². The zero-order chi connectivity index (χ0) is 12.1. The van der Waals surface area contributed by atoms with Crippen LogP contribution in [0, 0.1) is 0 Å². The number of nitrogens with two attached hydrogens (primary N) is 2. The molecule has 6 heteroatoms. The van der Waals surface area contributed by atoms with Crippen molar-refractivity contribution in [2.45, 2.75) is 19.4 Å². The van der Waals surface area contributed by atoms with Gasteiger partial charge in [-0.2, -0.15) is 0 Å². The second-order valence-corrected chi connectivity index (χ2v) is 3.83. The van der Waals surface area contributed by atoms with E-state index < -0.39 is 6.04 Å². The highest BCUT2D eigenvalue weighted by molar-refractivity contribution is 6.30. The van der Waals surface area contributed by atoms with Gasteiger partial charge in [-0.3, -0.25) is 4.79 Å². The van der Waals surface area contributed by atoms with Gasteiger partial charge in [0.05, 0.1) is 13.0 Å². The molecule has 0 fully saturated rings. The summed E-state index contributed by atoms with van der Waals surface area (Å²) < 4.78 is 4.81. The molecule has 0 saturated heterocycles. The van der Waals surface area contributed by atoms with Crippen LogP contribution in [0.2, 0.25) is 5.02 Å². The Labute approximate surface area is 112 Å². The Hall–Kier alpha value is -0.970. The number of carbonyl (C=O) groups excluding carboxylic acids is 1. The first kappa shape index (κ1) is 16.0. The van der Waals surface area contributed by atoms with Gasteiger partial charge in [-0.1, -0.05) is 11.6 Å². The Morgan fingerprint density at radius 3 is 2.76 bits per heavy atom. The van der Waals surface area contributed by atoms with Gasteiger partial charge in [0, 0.05) is 16.8 Å². The molecular formula is C11H16Cl2N2O2. The molecule has 0 bridgehead atoms. The number of ether oxygens (including phenoxy) is 1. The van der Waals surface area contributed by atoms with E-state index in [2.05, 4.69) is 0 Å². The number of rotatable bonds is 4. The van der Waals surface area contributed by atoms with Gasteiger partial charge in [-0.25, -0.2) is 0 Å². The molecule has 0 aromatic heterocycles. The van der Waals surface area contributed by atoms with Crippen molar-refractivity contribution >= 4 is 35.7 Å². The van der Waals surface area contributed by atoms with Crippen LogP contribution in [-0.2, 0) is 9.53 Å². The fourth-order valence-corrected chi connectivity index (χ4v) is 1.56. The first-order chi connectivity index (χ1) is 7.54. The Morgan fingerprint density at radius 2 is 2.18 bits per heavy atom. The van der Waals surface area contributed by atoms with Crippen LogP contribution >= 0.6 is 24.0 Å². The van der Waals surface area contributed by atoms with Gasteiger partial charge in [0.2, 0.25) is 0 Å². The smallest absolute Gasteiger partial charge is 0.307 e. The number of anilines is 1. The Balaban J connectivity index is 0.00000256. The number of hydrogen-bond donors (Lipinski definition) is 2. The van der Waals surface area contributed by atoms with Crippen molar-refractivity contribution in [2.24, 2.45) is 5.73 Å². The molecule has 0 radical (unpaired) electrons. The lowest BCUT2D eigenvalue weighted by Crippen LogP contribution is -2.18. The van der Waals surface area contributed by atoms with Gasteiger partial charge in [0.1, 0.15) is 0 Å². The van der Waals surface area contributed by atoms with Crippen molar-refractivity contribution in [3.05, 3.63) is 28.8 Å². The van der Waals surface area contributed by atoms with Gasteiger partial charge in [0.15, 0.2) is 0 Å². The summed E-state index contributed by atoms with van der Waals surface area (Å²) in [6.07, 6.45) is 0.0956. The number of halogens is 2. The summed E-state index contributed by atoms with van der Waals surface area (Å²) in [6.45, 7) is 2.09. The molecule has 1 atom stereocenters. The normalized spacial score (nSPS) is 11.5. The van der Waals surface area contributed by atoms with Crippen LogP contribution < -0.4 is 11.5 Å². The van der Waals surface area contributed by atoms with Crippen molar-refractivity contribution in [1.29, 1.82) is 0 Å². The predicted molar refractivity (Wildman–Crippen MR) is 71.3 cm³/mol. The Morgan fingerprint density at radius 1 is 1.53 bits per heavy atom. The van der Waals surface area contributed by atoms with Crippen LogP contribution in [0.25, 0.3) is 0 Å². The molecule has 1 aromatic rings. The molecule has 0 saturated carbocycles. The fraction of sp³-hybridized carbons (Fsp3) is 0.364. The number of nitrogen functional groups attached to an aromatic ring is 1. The highest BCUT2D eigenvalue weighted by atomic mass is 35.5. The summed E-state index contributed by atoms with van der Waals surface area (Å²) in [5.74, 6) is -0.339. The van der Waals surface area contributed by atoms with E-state index in [1.54, 1.807) is 25.1 Å². The van der Waals surface area contributed by atoms with Crippen LogP contribution in [0.15, 0.2) is 18.2 Å². The summed E-state index contributed by atoms with van der Waals surface area (Å²) in [6, 6.07) is 4.53. The molecule has 4 N–H and O–H groups in total. The molecule has 0 unspecified atom stereocenters. The fourth-order valence-electron chi connectivity index (χ4n) is 1.38. The van der Waals surface area contributed by atoms with Crippen molar-refractivity contribution in [3.8, 4) is 0 Å². The van der Waals surface area contributed by atoms with Gasteiger partial charge in [0.25, 0.3) is 0 Å². The molecule has 4 nitrogen and oxygen atoms in total. The first-order valence-electron chi connectivity index (χ1n) is 5.00. The van der Waals surface area contributed by atoms with Crippen LogP contribution in [0.1, 0.15) is 24.9 Å². The third-order valence-electron chi connectivity index (χ3n) is 2.14. The van der Waals surface area contributed by atoms with Crippen LogP contribution in [0.5, 0.6) is 0 Å². The molecular weight excluding hydrogens is 263 g/mol. The summed E-state index contributed by atoms with van der Waals surface area (Å²) >= 11 is 5.83. The standard InChI is InChI=1S/C11H15ClN2O2.ClH/c1-2-16-11(15)6-10(14)8-5-7(12)3-4-9(8)13;/h3-5,10H,2,6,13-14H2,1H3;1H/t10-;/m1./s1. The zero-order valence-electron chi connectivity index (χ0n) is 9.48. The average Bonchev–Trinajstić information content (AvgIpc) is 2.21. The van der Waals surface area contributed by atoms with Gasteiger partial charge in [-0.05, 0) is 30.7 Å². The third kappa shape index (κ3) is 4.81. The monoisotopic (exact) mass is 278 g/mol. The van der Waals surface area contributed by atoms with Crippen molar-refractivity contribution in [1.82, 2.24) is 0 Å². The van der Waals surface area contributed by atoms with E-state index in [1.807, 2.05) is 0 Å². The van der Waals surface area contributed by atoms with Crippen molar-refractivity contribution < 1.29 is 9.53 Å². The summed E-state index contributed by atoms with van der Waals surface area (Å²) in [5.41, 5.74) is 12.8. The first-order valence-corrected chi connectivity index (χ1v) is 5.38. The Kier molecular flexibility index (Phi) is 6.95. The molecule has 17 heavy (non-hydrogen) atoms. The summed E-state index contributed by atoms with van der Waals surface area (Å²) in [7, 11) is 0. The quantitative estimate of drug-likeness (QED) is 0.654. The lowest BCUT2D eigenvalue weighted by molar-refractivity contribution is -0.143. The minimum Gasteiger partial charge on any atom is -0.466 e. The maximum Gasteiger partial charge on any atom is 0.307 e. The van der Waals surface area contributed by atoms with E-state index >= 15 is 0 Å². The maximum atomic E-state index is 11.2. The van der Waals surface area contributed by atoms with Gasteiger partial charge < -0.3 is 16.2 Å². The SMILES string of the molecule is CCOC(=O)C[C@@H](N)c1cc(Cl)ccc1N.Cl. The Bertz CT molecular complexity index is 386. The molecule has 1 aromatic carbocycles. The topological polar surface area (TPSA) is 78.3 Å². The average molecular weight is 279 g/mol. The van der Waals surface area contributed by atoms with E-state index in [1.165, 1.54) is 0 Å². The minimum atomic E-state index is -0.488. The van der Waals surface area contributed by atoms with E-state index in [0.29, 0.717) is 22.9 Å². The van der Waals surface area contributed by atoms with Crippen LogP contribution in [0.3, 0.4) is 0 Å². The molecule has 0 spiro atoms. The summed E-state index contributed by atoms with van der Waals surface area (Å²) in [5, 5.41) is 0.545. The molecule has 0 aliphatic heterocycles. The minimum absolute atomic E-state index is 0. The maximum absolute atomic E-state index is 11.2. The molecule has 0 aliphatic rings. The van der Waals surface area contributed by atoms with E-state index in [-0.39, 0.29) is 24.8 Å². The number of benzene rings is 1. The number of carbonyl (C=O) groups is 1. The van der Waals surface area contributed by atoms with Gasteiger partial charge >= 0.3 is 5.97 Å². The molecule has 0 amide bonds. The van der Waals surface area contributed by atoms with Crippen molar-refractivity contribution in [3.63, 3.8) is 0 Å². The lowest BCUT2D eigenvalue weighted by atomic mass is 10.0. The second-order valence-electron chi connectivity index (χ2n) is 3.39. The molecule has 0 heterocycles. The van der Waals surface area contributed by atoms with E-state index in [0.717, 1.165) is 0 Å². The third-order valence-corrected chi connectivity index (χ3v) is 2.38. The number of hydrogen-bond acceptors (Lipinski definition) is 4.